The molecule has 0 spiro atoms. The number of hydrogen-bond acceptors (Lipinski definition) is 3. The molecule has 0 atom stereocenters. The molecule has 3 rings (SSSR count). The van der Waals surface area contributed by atoms with Crippen LogP contribution < -0.4 is 0 Å². The van der Waals surface area contributed by atoms with Gasteiger partial charge in [-0.3, -0.25) is 9.59 Å². The summed E-state index contributed by atoms with van der Waals surface area (Å²) < 4.78 is 19.0. The van der Waals surface area contributed by atoms with Crippen LogP contribution in [-0.4, -0.2) is 34.7 Å². The van der Waals surface area contributed by atoms with E-state index >= 15 is 0 Å². The van der Waals surface area contributed by atoms with Gasteiger partial charge in [0.15, 0.2) is 0 Å². The zero-order chi connectivity index (χ0) is 21.5. The molecule has 1 aromatic heterocycles. The average molecular weight is 415 g/mol. The molecule has 30 heavy (non-hydrogen) atoms. The molecule has 2 aromatic rings. The van der Waals surface area contributed by atoms with Gasteiger partial charge in [-0.1, -0.05) is 31.9 Å². The zero-order valence-corrected chi connectivity index (χ0v) is 17.9. The van der Waals surface area contributed by atoms with Crippen molar-refractivity contribution in [3.05, 3.63) is 59.3 Å². The molecule has 6 heteroatoms. The lowest BCUT2D eigenvalue weighted by Crippen LogP contribution is -2.44. The van der Waals surface area contributed by atoms with Gasteiger partial charge < -0.3 is 14.2 Å². The number of rotatable bonds is 9. The maximum Gasteiger partial charge on any atom is 0.242 e. The maximum absolute atomic E-state index is 13.3. The van der Waals surface area contributed by atoms with Crippen LogP contribution in [0.3, 0.4) is 0 Å². The highest BCUT2D eigenvalue weighted by atomic mass is 19.1. The Morgan fingerprint density at radius 3 is 2.33 bits per heavy atom. The molecule has 2 amide bonds. The van der Waals surface area contributed by atoms with E-state index in [0.717, 1.165) is 43.4 Å². The van der Waals surface area contributed by atoms with Crippen molar-refractivity contribution in [3.63, 3.8) is 0 Å². The third-order valence-corrected chi connectivity index (χ3v) is 5.62. The van der Waals surface area contributed by atoms with E-state index in [1.54, 1.807) is 21.9 Å². The normalized spacial score (nSPS) is 14.1. The lowest BCUT2D eigenvalue weighted by Gasteiger charge is -2.29. The molecular formula is C24H31FN2O3. The molecule has 0 N–H and O–H groups in total. The number of carbonyl (C=O) groups excluding carboxylic acids is 2. The Kier molecular flexibility index (Phi) is 7.66. The summed E-state index contributed by atoms with van der Waals surface area (Å²) in [5.74, 6) is 1.17. The molecule has 0 bridgehead atoms. The van der Waals surface area contributed by atoms with E-state index in [1.165, 1.54) is 12.1 Å². The van der Waals surface area contributed by atoms with Crippen molar-refractivity contribution in [3.8, 4) is 0 Å². The van der Waals surface area contributed by atoms with Gasteiger partial charge in [0, 0.05) is 19.0 Å². The Morgan fingerprint density at radius 2 is 1.73 bits per heavy atom. The number of benzene rings is 1. The molecule has 1 aliphatic rings. The Hall–Kier alpha value is -2.63. The van der Waals surface area contributed by atoms with Crippen LogP contribution in [-0.2, 0) is 22.7 Å². The summed E-state index contributed by atoms with van der Waals surface area (Å²) in [6, 6.07) is 9.85. The highest BCUT2D eigenvalue weighted by Gasteiger charge is 2.29. The lowest BCUT2D eigenvalue weighted by molar-refractivity contribution is -0.143. The molecule has 1 saturated carbocycles. The summed E-state index contributed by atoms with van der Waals surface area (Å²) in [5, 5.41) is 0. The molecule has 0 unspecified atom stereocenters. The van der Waals surface area contributed by atoms with Crippen molar-refractivity contribution in [1.29, 1.82) is 0 Å². The van der Waals surface area contributed by atoms with Crippen molar-refractivity contribution in [2.45, 2.75) is 59.0 Å². The molecule has 1 heterocycles. The van der Waals surface area contributed by atoms with Crippen molar-refractivity contribution in [1.82, 2.24) is 9.80 Å². The topological polar surface area (TPSA) is 53.8 Å². The summed E-state index contributed by atoms with van der Waals surface area (Å²) >= 11 is 0. The molecule has 0 aliphatic heterocycles. The van der Waals surface area contributed by atoms with Gasteiger partial charge in [0.1, 0.15) is 17.3 Å². The van der Waals surface area contributed by atoms with Crippen LogP contribution in [0.15, 0.2) is 40.8 Å². The predicted molar refractivity (Wildman–Crippen MR) is 113 cm³/mol. The van der Waals surface area contributed by atoms with Crippen molar-refractivity contribution in [2.24, 2.45) is 5.92 Å². The maximum atomic E-state index is 13.3. The van der Waals surface area contributed by atoms with Crippen LogP contribution in [0.5, 0.6) is 0 Å². The van der Waals surface area contributed by atoms with E-state index in [2.05, 4.69) is 0 Å². The summed E-state index contributed by atoms with van der Waals surface area (Å²) in [4.78, 5) is 29.6. The zero-order valence-electron chi connectivity index (χ0n) is 17.9. The second-order valence-corrected chi connectivity index (χ2v) is 8.13. The average Bonchev–Trinajstić information content (AvgIpc) is 3.40. The fourth-order valence-corrected chi connectivity index (χ4v) is 4.03. The third kappa shape index (κ3) is 5.94. The first-order valence-electron chi connectivity index (χ1n) is 10.8. The van der Waals surface area contributed by atoms with Crippen LogP contribution >= 0.6 is 0 Å². The second kappa shape index (κ2) is 10.4. The molecule has 0 radical (unpaired) electrons. The highest BCUT2D eigenvalue weighted by Crippen LogP contribution is 2.26. The van der Waals surface area contributed by atoms with E-state index in [-0.39, 0.29) is 30.1 Å². The molecule has 1 fully saturated rings. The first-order chi connectivity index (χ1) is 14.5. The van der Waals surface area contributed by atoms with E-state index in [1.807, 2.05) is 26.0 Å². The summed E-state index contributed by atoms with van der Waals surface area (Å²) in [7, 11) is 0. The van der Waals surface area contributed by atoms with Gasteiger partial charge in [0.05, 0.1) is 13.1 Å². The summed E-state index contributed by atoms with van der Waals surface area (Å²) in [6.45, 7) is 5.15. The molecule has 5 nitrogen and oxygen atoms in total. The first kappa shape index (κ1) is 22.1. The Bertz CT molecular complexity index is 840. The minimum Gasteiger partial charge on any atom is -0.464 e. The molecular weight excluding hydrogens is 383 g/mol. The van der Waals surface area contributed by atoms with Crippen molar-refractivity contribution in [2.75, 3.05) is 13.1 Å². The van der Waals surface area contributed by atoms with Gasteiger partial charge in [-0.2, -0.15) is 0 Å². The smallest absolute Gasteiger partial charge is 0.242 e. The number of furan rings is 1. The SMILES string of the molecule is CCCN(CC(=O)N(Cc1ccc(F)cc1)Cc1ccc(C)o1)C(=O)C1CCCC1. The first-order valence-corrected chi connectivity index (χ1v) is 10.8. The largest absolute Gasteiger partial charge is 0.464 e. The molecule has 1 aliphatic carbocycles. The predicted octanol–water partition coefficient (Wildman–Crippen LogP) is 4.68. The summed E-state index contributed by atoms with van der Waals surface area (Å²) in [5.41, 5.74) is 0.831. The van der Waals surface area contributed by atoms with Crippen molar-refractivity contribution >= 4 is 11.8 Å². The molecule has 1 aromatic carbocycles. The van der Waals surface area contributed by atoms with Gasteiger partial charge in [-0.15, -0.1) is 0 Å². The number of hydrogen-bond donors (Lipinski definition) is 0. The fraction of sp³-hybridized carbons (Fsp3) is 0.500. The van der Waals surface area contributed by atoms with Gasteiger partial charge >= 0.3 is 0 Å². The van der Waals surface area contributed by atoms with Gasteiger partial charge in [0.25, 0.3) is 0 Å². The third-order valence-electron chi connectivity index (χ3n) is 5.62. The highest BCUT2D eigenvalue weighted by molar-refractivity contribution is 5.86. The second-order valence-electron chi connectivity index (χ2n) is 8.13. The van der Waals surface area contributed by atoms with Crippen LogP contribution in [0.1, 0.15) is 56.1 Å². The quantitative estimate of drug-likeness (QED) is 0.598. The number of halogens is 1. The monoisotopic (exact) mass is 414 g/mol. The Morgan fingerprint density at radius 1 is 1.03 bits per heavy atom. The van der Waals surface area contributed by atoms with Gasteiger partial charge in [-0.25, -0.2) is 4.39 Å². The van der Waals surface area contributed by atoms with Crippen LogP contribution in [0.4, 0.5) is 4.39 Å². The van der Waals surface area contributed by atoms with Crippen molar-refractivity contribution < 1.29 is 18.4 Å². The Balaban J connectivity index is 1.74. The van der Waals surface area contributed by atoms with Crippen LogP contribution in [0.25, 0.3) is 0 Å². The lowest BCUT2D eigenvalue weighted by atomic mass is 10.1. The van der Waals surface area contributed by atoms with Gasteiger partial charge in [0.2, 0.25) is 11.8 Å². The minimum absolute atomic E-state index is 0.0441. The number of carbonyl (C=O) groups is 2. The van der Waals surface area contributed by atoms with Crippen LogP contribution in [0.2, 0.25) is 0 Å². The number of aryl methyl sites for hydroxylation is 1. The fourth-order valence-electron chi connectivity index (χ4n) is 4.03. The van der Waals surface area contributed by atoms with E-state index in [0.29, 0.717) is 25.4 Å². The van der Waals surface area contributed by atoms with Crippen LogP contribution in [0, 0.1) is 18.7 Å². The molecule has 0 saturated heterocycles. The number of amides is 2. The summed E-state index contributed by atoms with van der Waals surface area (Å²) in [6.07, 6.45) is 4.80. The van der Waals surface area contributed by atoms with E-state index in [9.17, 15) is 14.0 Å². The van der Waals surface area contributed by atoms with Gasteiger partial charge in [-0.05, 0) is 56.0 Å². The standard InChI is InChI=1S/C24H31FN2O3/c1-3-14-26(24(29)20-6-4-5-7-20)17-23(28)27(16-22-13-8-18(2)30-22)15-19-9-11-21(25)12-10-19/h8-13,20H,3-7,14-17H2,1-2H3. The van der Waals surface area contributed by atoms with E-state index in [4.69, 9.17) is 4.42 Å². The van der Waals surface area contributed by atoms with E-state index < -0.39 is 0 Å². The molecule has 162 valence electrons. The number of nitrogens with zero attached hydrogens (tertiary/aromatic N) is 2. The Labute approximate surface area is 177 Å². The minimum atomic E-state index is -0.311.